The van der Waals surface area contributed by atoms with Gasteiger partial charge in [0.1, 0.15) is 0 Å². The second-order valence-electron chi connectivity index (χ2n) is 9.04. The van der Waals surface area contributed by atoms with Crippen LogP contribution in [-0.4, -0.2) is 32.7 Å². The van der Waals surface area contributed by atoms with Gasteiger partial charge in [-0.15, -0.1) is 0 Å². The number of nitrogens with zero attached hydrogens (tertiary/aromatic N) is 1. The Kier molecular flexibility index (Phi) is 6.18. The molecule has 0 radical (unpaired) electrons. The van der Waals surface area contributed by atoms with Gasteiger partial charge in [-0.2, -0.15) is 0 Å². The largest absolute Gasteiger partial charge is 0.350 e. The van der Waals surface area contributed by atoms with Gasteiger partial charge in [-0.05, 0) is 54.4 Å². The van der Waals surface area contributed by atoms with Crippen molar-refractivity contribution in [1.29, 1.82) is 0 Å². The number of rotatable bonds is 4. The summed E-state index contributed by atoms with van der Waals surface area (Å²) in [4.78, 5) is 12.4. The predicted molar refractivity (Wildman–Crippen MR) is 115 cm³/mol. The van der Waals surface area contributed by atoms with Crippen LogP contribution in [0, 0.1) is 11.3 Å². The van der Waals surface area contributed by atoms with Crippen molar-refractivity contribution in [2.24, 2.45) is 11.3 Å². The van der Waals surface area contributed by atoms with Crippen molar-refractivity contribution in [2.45, 2.75) is 58.9 Å². The van der Waals surface area contributed by atoms with E-state index in [2.05, 4.69) is 26.1 Å². The second-order valence-corrected chi connectivity index (χ2v) is 11.1. The molecule has 2 fully saturated rings. The second kappa shape index (κ2) is 8.27. The minimum Gasteiger partial charge on any atom is -0.350 e. The molecule has 2 atom stereocenters. The van der Waals surface area contributed by atoms with E-state index >= 15 is 0 Å². The summed E-state index contributed by atoms with van der Waals surface area (Å²) in [5.74, 6) is 0.651. The summed E-state index contributed by atoms with van der Waals surface area (Å²) in [6.45, 7) is 7.29. The zero-order valence-electron chi connectivity index (χ0n) is 17.1. The monoisotopic (exact) mass is 404 g/mol. The van der Waals surface area contributed by atoms with Crippen molar-refractivity contribution >= 4 is 27.7 Å². The molecule has 1 aliphatic heterocycles. The Labute approximate surface area is 169 Å². The van der Waals surface area contributed by atoms with Gasteiger partial charge in [0.2, 0.25) is 15.9 Å². The molecule has 1 saturated heterocycles. The zero-order valence-corrected chi connectivity index (χ0v) is 18.0. The van der Waals surface area contributed by atoms with Gasteiger partial charge >= 0.3 is 0 Å². The highest BCUT2D eigenvalue weighted by atomic mass is 32.2. The number of carbonyl (C=O) groups excluding carboxylic acids is 1. The van der Waals surface area contributed by atoms with Crippen molar-refractivity contribution in [1.82, 2.24) is 5.32 Å². The standard InChI is InChI=1S/C22H32N2O3S/c1-22(2,3)19-7-4-5-8-20(19)23-21(25)14-11-17-9-12-18(13-10-17)24-15-6-16-28(24,26)27/h9-14,19-20H,4-8,15-16H2,1-3H3,(H,23,25)/b14-11+. The minimum absolute atomic E-state index is 0.0626. The molecule has 1 aliphatic carbocycles. The molecule has 1 aromatic rings. The molecule has 1 N–H and O–H groups in total. The number of amides is 1. The van der Waals surface area contributed by atoms with E-state index in [1.54, 1.807) is 24.3 Å². The molecule has 1 heterocycles. The third kappa shape index (κ3) is 4.96. The van der Waals surface area contributed by atoms with Crippen molar-refractivity contribution in [2.75, 3.05) is 16.6 Å². The highest BCUT2D eigenvalue weighted by Crippen LogP contribution is 2.38. The van der Waals surface area contributed by atoms with Gasteiger partial charge < -0.3 is 5.32 Å². The van der Waals surface area contributed by atoms with Crippen LogP contribution in [0.5, 0.6) is 0 Å². The first-order valence-electron chi connectivity index (χ1n) is 10.3. The molecule has 0 aromatic heterocycles. The smallest absolute Gasteiger partial charge is 0.244 e. The maximum absolute atomic E-state index is 12.4. The molecule has 3 rings (SSSR count). The Hall–Kier alpha value is -1.82. The van der Waals surface area contributed by atoms with Crippen LogP contribution in [0.2, 0.25) is 0 Å². The average Bonchev–Trinajstić information content (AvgIpc) is 2.99. The summed E-state index contributed by atoms with van der Waals surface area (Å²) in [6.07, 6.45) is 8.65. The molecular weight excluding hydrogens is 372 g/mol. The van der Waals surface area contributed by atoms with E-state index in [-0.39, 0.29) is 23.1 Å². The van der Waals surface area contributed by atoms with Gasteiger partial charge in [-0.25, -0.2) is 8.42 Å². The van der Waals surface area contributed by atoms with E-state index in [1.807, 2.05) is 12.1 Å². The summed E-state index contributed by atoms with van der Waals surface area (Å²) in [5, 5.41) is 3.20. The van der Waals surface area contributed by atoms with Crippen molar-refractivity contribution in [3.05, 3.63) is 35.9 Å². The van der Waals surface area contributed by atoms with Crippen molar-refractivity contribution in [3.63, 3.8) is 0 Å². The highest BCUT2D eigenvalue weighted by Gasteiger charge is 2.34. The van der Waals surface area contributed by atoms with Crippen molar-refractivity contribution < 1.29 is 13.2 Å². The first-order valence-corrected chi connectivity index (χ1v) is 11.9. The van der Waals surface area contributed by atoms with Gasteiger partial charge in [0.05, 0.1) is 11.4 Å². The summed E-state index contributed by atoms with van der Waals surface area (Å²) in [5.41, 5.74) is 1.76. The molecule has 1 aromatic carbocycles. The van der Waals surface area contributed by atoms with E-state index in [0.717, 1.165) is 12.0 Å². The van der Waals surface area contributed by atoms with E-state index in [1.165, 1.54) is 23.6 Å². The fraction of sp³-hybridized carbons (Fsp3) is 0.591. The number of benzene rings is 1. The number of hydrogen-bond acceptors (Lipinski definition) is 3. The minimum atomic E-state index is -3.16. The number of carbonyl (C=O) groups is 1. The lowest BCUT2D eigenvalue weighted by Gasteiger charge is -2.40. The fourth-order valence-electron chi connectivity index (χ4n) is 4.42. The molecule has 28 heavy (non-hydrogen) atoms. The molecule has 0 spiro atoms. The van der Waals surface area contributed by atoms with Gasteiger partial charge in [-0.3, -0.25) is 9.10 Å². The molecule has 1 saturated carbocycles. The van der Waals surface area contributed by atoms with Crippen molar-refractivity contribution in [3.8, 4) is 0 Å². The van der Waals surface area contributed by atoms with E-state index in [9.17, 15) is 13.2 Å². The lowest BCUT2D eigenvalue weighted by Crippen LogP contribution is -2.46. The van der Waals surface area contributed by atoms with Crippen LogP contribution < -0.4 is 9.62 Å². The van der Waals surface area contributed by atoms with E-state index < -0.39 is 10.0 Å². The molecule has 5 nitrogen and oxygen atoms in total. The van der Waals surface area contributed by atoms with Gasteiger partial charge in [0.25, 0.3) is 0 Å². The normalized spacial score (nSPS) is 25.2. The number of anilines is 1. The van der Waals surface area contributed by atoms with E-state index in [0.29, 0.717) is 24.6 Å². The third-order valence-corrected chi connectivity index (χ3v) is 7.78. The molecule has 154 valence electrons. The Morgan fingerprint density at radius 1 is 1.11 bits per heavy atom. The predicted octanol–water partition coefficient (Wildman–Crippen LogP) is 3.96. The van der Waals surface area contributed by atoms with Gasteiger partial charge in [0, 0.05) is 18.7 Å². The highest BCUT2D eigenvalue weighted by molar-refractivity contribution is 7.93. The summed E-state index contributed by atoms with van der Waals surface area (Å²) in [7, 11) is -3.16. The van der Waals surface area contributed by atoms with Gasteiger partial charge in [-0.1, -0.05) is 45.7 Å². The van der Waals surface area contributed by atoms with Crippen LogP contribution in [0.4, 0.5) is 5.69 Å². The molecule has 2 unspecified atom stereocenters. The fourth-order valence-corrected chi connectivity index (χ4v) is 5.99. The van der Waals surface area contributed by atoms with Crippen LogP contribution >= 0.6 is 0 Å². The summed E-state index contributed by atoms with van der Waals surface area (Å²) >= 11 is 0. The molecule has 1 amide bonds. The lowest BCUT2D eigenvalue weighted by atomic mass is 9.69. The van der Waals surface area contributed by atoms with E-state index in [4.69, 9.17) is 0 Å². The SMILES string of the molecule is CC(C)(C)C1CCCCC1NC(=O)/C=C/c1ccc(N2CCCS2(=O)=O)cc1. The Morgan fingerprint density at radius 2 is 1.79 bits per heavy atom. The van der Waals surface area contributed by atoms with Crippen LogP contribution in [-0.2, 0) is 14.8 Å². The number of sulfonamides is 1. The molecular formula is C22H32N2O3S. The van der Waals surface area contributed by atoms with Crippen LogP contribution in [0.1, 0.15) is 58.4 Å². The maximum atomic E-state index is 12.4. The van der Waals surface area contributed by atoms with Crippen LogP contribution in [0.15, 0.2) is 30.3 Å². The number of nitrogens with one attached hydrogen (secondary N) is 1. The lowest BCUT2D eigenvalue weighted by molar-refractivity contribution is -0.118. The average molecular weight is 405 g/mol. The zero-order chi connectivity index (χ0) is 20.4. The molecule has 2 aliphatic rings. The Bertz CT molecular complexity index is 822. The van der Waals surface area contributed by atoms with Crippen LogP contribution in [0.25, 0.3) is 6.08 Å². The van der Waals surface area contributed by atoms with Crippen LogP contribution in [0.3, 0.4) is 0 Å². The maximum Gasteiger partial charge on any atom is 0.244 e. The molecule has 6 heteroatoms. The Morgan fingerprint density at radius 3 is 2.39 bits per heavy atom. The Balaban J connectivity index is 1.61. The number of hydrogen-bond donors (Lipinski definition) is 1. The van der Waals surface area contributed by atoms with Gasteiger partial charge in [0.15, 0.2) is 0 Å². The first-order chi connectivity index (χ1) is 13.2. The topological polar surface area (TPSA) is 66.5 Å². The summed E-state index contributed by atoms with van der Waals surface area (Å²) in [6, 6.07) is 7.54. The molecule has 0 bridgehead atoms. The summed E-state index contributed by atoms with van der Waals surface area (Å²) < 4.78 is 25.5. The first kappa shape index (κ1) is 20.9. The quantitative estimate of drug-likeness (QED) is 0.773. The third-order valence-electron chi connectivity index (χ3n) is 5.91.